The molecule has 0 aromatic heterocycles. The van der Waals surface area contributed by atoms with Gasteiger partial charge >= 0.3 is 17.9 Å². The van der Waals surface area contributed by atoms with E-state index in [1.54, 1.807) is 0 Å². The van der Waals surface area contributed by atoms with Gasteiger partial charge in [-0.05, 0) is 25.2 Å². The monoisotopic (exact) mass is 751 g/mol. The molecule has 0 saturated heterocycles. The van der Waals surface area contributed by atoms with Gasteiger partial charge in [0, 0.05) is 19.3 Å². The number of carbonyl (C=O) groups excluding carboxylic acids is 3. The molecule has 0 saturated carbocycles. The van der Waals surface area contributed by atoms with E-state index in [0.717, 1.165) is 70.1 Å². The minimum Gasteiger partial charge on any atom is -0.462 e. The maximum atomic E-state index is 12.7. The van der Waals surface area contributed by atoms with E-state index in [-0.39, 0.29) is 31.1 Å². The molecule has 0 fully saturated rings. The normalized spacial score (nSPS) is 11.9. The quantitative estimate of drug-likeness (QED) is 0.0351. The number of esters is 3. The lowest BCUT2D eigenvalue weighted by molar-refractivity contribution is -0.167. The minimum absolute atomic E-state index is 0.0647. The zero-order valence-corrected chi connectivity index (χ0v) is 36.0. The second-order valence-electron chi connectivity index (χ2n) is 16.5. The largest absolute Gasteiger partial charge is 0.462 e. The van der Waals surface area contributed by atoms with Gasteiger partial charge < -0.3 is 14.2 Å². The lowest BCUT2D eigenvalue weighted by Crippen LogP contribution is -2.30. The van der Waals surface area contributed by atoms with Crippen molar-refractivity contribution in [2.24, 2.45) is 5.92 Å². The Kier molecular flexibility index (Phi) is 40.3. The minimum atomic E-state index is -0.758. The van der Waals surface area contributed by atoms with Gasteiger partial charge in [0.1, 0.15) is 13.2 Å². The molecule has 53 heavy (non-hydrogen) atoms. The first kappa shape index (κ1) is 51.4. The van der Waals surface area contributed by atoms with Crippen molar-refractivity contribution in [2.45, 2.75) is 265 Å². The van der Waals surface area contributed by atoms with E-state index < -0.39 is 6.10 Å². The standard InChI is InChI=1S/C47H90O6/c1-5-7-9-11-12-13-14-15-16-17-18-19-20-24-27-31-35-39-46(49)52-42-44(41-51-45(48)38-34-29-10-8-6-2)53-47(50)40-36-32-28-25-22-21-23-26-30-33-37-43(3)4/h43-44H,5-42H2,1-4H3/t44-/m1/s1. The first-order valence-electron chi connectivity index (χ1n) is 23.4. The third-order valence-electron chi connectivity index (χ3n) is 10.5. The zero-order chi connectivity index (χ0) is 38.9. The number of hydrogen-bond donors (Lipinski definition) is 0. The average Bonchev–Trinajstić information content (AvgIpc) is 3.14. The van der Waals surface area contributed by atoms with E-state index in [1.165, 1.54) is 148 Å². The van der Waals surface area contributed by atoms with Crippen LogP contribution in [0.1, 0.15) is 259 Å². The molecule has 0 aliphatic rings. The van der Waals surface area contributed by atoms with E-state index in [4.69, 9.17) is 14.2 Å². The molecule has 0 aliphatic heterocycles. The van der Waals surface area contributed by atoms with Gasteiger partial charge in [-0.3, -0.25) is 14.4 Å². The molecule has 0 unspecified atom stereocenters. The first-order chi connectivity index (χ1) is 25.9. The van der Waals surface area contributed by atoms with Gasteiger partial charge in [0.2, 0.25) is 0 Å². The predicted octanol–water partition coefficient (Wildman–Crippen LogP) is 14.7. The van der Waals surface area contributed by atoms with Crippen LogP contribution >= 0.6 is 0 Å². The summed E-state index contributed by atoms with van der Waals surface area (Å²) in [5.41, 5.74) is 0. The highest BCUT2D eigenvalue weighted by Crippen LogP contribution is 2.16. The van der Waals surface area contributed by atoms with Crippen molar-refractivity contribution in [1.82, 2.24) is 0 Å². The maximum absolute atomic E-state index is 12.7. The Balaban J connectivity index is 4.14. The Morgan fingerprint density at radius 1 is 0.358 bits per heavy atom. The summed E-state index contributed by atoms with van der Waals surface area (Å²) in [7, 11) is 0. The SMILES string of the molecule is CCCCCCCCCCCCCCCCCCCC(=O)OC[C@@H](COC(=O)CCCCCCC)OC(=O)CCCCCCCCCCCCC(C)C. The van der Waals surface area contributed by atoms with Crippen molar-refractivity contribution in [3.63, 3.8) is 0 Å². The average molecular weight is 751 g/mol. The Bertz CT molecular complexity index is 796. The highest BCUT2D eigenvalue weighted by molar-refractivity contribution is 5.71. The lowest BCUT2D eigenvalue weighted by Gasteiger charge is -2.18. The van der Waals surface area contributed by atoms with Gasteiger partial charge in [-0.2, -0.15) is 0 Å². The number of ether oxygens (including phenoxy) is 3. The van der Waals surface area contributed by atoms with Gasteiger partial charge in [0.05, 0.1) is 0 Å². The topological polar surface area (TPSA) is 78.9 Å². The van der Waals surface area contributed by atoms with Crippen molar-refractivity contribution >= 4 is 17.9 Å². The van der Waals surface area contributed by atoms with Crippen LogP contribution in [-0.4, -0.2) is 37.2 Å². The van der Waals surface area contributed by atoms with Crippen LogP contribution in [0.25, 0.3) is 0 Å². The third-order valence-corrected chi connectivity index (χ3v) is 10.5. The van der Waals surface area contributed by atoms with Crippen molar-refractivity contribution < 1.29 is 28.6 Å². The van der Waals surface area contributed by atoms with Crippen LogP contribution in [-0.2, 0) is 28.6 Å². The van der Waals surface area contributed by atoms with Gasteiger partial charge in [-0.1, -0.05) is 220 Å². The van der Waals surface area contributed by atoms with Crippen LogP contribution in [0.4, 0.5) is 0 Å². The van der Waals surface area contributed by atoms with Gasteiger partial charge in [0.25, 0.3) is 0 Å². The van der Waals surface area contributed by atoms with Gasteiger partial charge in [-0.25, -0.2) is 0 Å². The van der Waals surface area contributed by atoms with Gasteiger partial charge in [-0.15, -0.1) is 0 Å². The molecule has 0 amide bonds. The van der Waals surface area contributed by atoms with E-state index in [2.05, 4.69) is 27.7 Å². The molecule has 0 bridgehead atoms. The number of hydrogen-bond acceptors (Lipinski definition) is 6. The van der Waals surface area contributed by atoms with Crippen LogP contribution in [0.5, 0.6) is 0 Å². The summed E-state index contributed by atoms with van der Waals surface area (Å²) in [5, 5.41) is 0. The summed E-state index contributed by atoms with van der Waals surface area (Å²) in [6, 6.07) is 0. The van der Waals surface area contributed by atoms with E-state index >= 15 is 0 Å². The molecule has 314 valence electrons. The summed E-state index contributed by atoms with van der Waals surface area (Å²) in [6.45, 7) is 8.91. The van der Waals surface area contributed by atoms with Crippen molar-refractivity contribution in [1.29, 1.82) is 0 Å². The molecular formula is C47H90O6. The molecule has 0 N–H and O–H groups in total. The molecule has 0 aromatic carbocycles. The molecule has 0 aromatic rings. The third kappa shape index (κ3) is 41.4. The molecular weight excluding hydrogens is 661 g/mol. The van der Waals surface area contributed by atoms with Crippen LogP contribution in [0.2, 0.25) is 0 Å². The fourth-order valence-corrected chi connectivity index (χ4v) is 6.98. The van der Waals surface area contributed by atoms with Crippen LogP contribution in [0, 0.1) is 5.92 Å². The first-order valence-corrected chi connectivity index (χ1v) is 23.4. The van der Waals surface area contributed by atoms with Crippen molar-refractivity contribution in [3.8, 4) is 0 Å². The fraction of sp³-hybridized carbons (Fsp3) is 0.936. The maximum Gasteiger partial charge on any atom is 0.306 e. The van der Waals surface area contributed by atoms with Crippen LogP contribution in [0.15, 0.2) is 0 Å². The van der Waals surface area contributed by atoms with E-state index in [9.17, 15) is 14.4 Å². The van der Waals surface area contributed by atoms with E-state index in [1.807, 2.05) is 0 Å². The molecule has 0 rings (SSSR count). The predicted molar refractivity (Wildman–Crippen MR) is 224 cm³/mol. The highest BCUT2D eigenvalue weighted by Gasteiger charge is 2.19. The molecule has 1 atom stereocenters. The second-order valence-corrected chi connectivity index (χ2v) is 16.5. The van der Waals surface area contributed by atoms with Crippen LogP contribution in [0.3, 0.4) is 0 Å². The second kappa shape index (κ2) is 41.6. The number of carbonyl (C=O) groups is 3. The highest BCUT2D eigenvalue weighted by atomic mass is 16.6. The Hall–Kier alpha value is -1.59. The summed E-state index contributed by atoms with van der Waals surface area (Å²) in [5.74, 6) is -0.0506. The molecule has 6 nitrogen and oxygen atoms in total. The molecule has 0 heterocycles. The van der Waals surface area contributed by atoms with Crippen molar-refractivity contribution in [3.05, 3.63) is 0 Å². The Morgan fingerprint density at radius 3 is 0.925 bits per heavy atom. The molecule has 6 heteroatoms. The van der Waals surface area contributed by atoms with Gasteiger partial charge in [0.15, 0.2) is 6.10 Å². The summed E-state index contributed by atoms with van der Waals surface area (Å²) >= 11 is 0. The lowest BCUT2D eigenvalue weighted by atomic mass is 10.0. The van der Waals surface area contributed by atoms with E-state index in [0.29, 0.717) is 19.3 Å². The van der Waals surface area contributed by atoms with Crippen molar-refractivity contribution in [2.75, 3.05) is 13.2 Å². The smallest absolute Gasteiger partial charge is 0.306 e. The summed E-state index contributed by atoms with van der Waals surface area (Å²) in [4.78, 5) is 37.5. The summed E-state index contributed by atoms with van der Waals surface area (Å²) < 4.78 is 16.6. The Morgan fingerprint density at radius 2 is 0.623 bits per heavy atom. The summed E-state index contributed by atoms with van der Waals surface area (Å²) in [6.07, 6.45) is 41.2. The number of rotatable bonds is 42. The number of unbranched alkanes of at least 4 members (excludes halogenated alkanes) is 29. The fourth-order valence-electron chi connectivity index (χ4n) is 6.98. The molecule has 0 aliphatic carbocycles. The van der Waals surface area contributed by atoms with Crippen LogP contribution < -0.4 is 0 Å². The zero-order valence-electron chi connectivity index (χ0n) is 36.0. The molecule has 0 radical (unpaired) electrons. The Labute approximate surface area is 329 Å². The molecule has 0 spiro atoms.